The first-order valence-corrected chi connectivity index (χ1v) is 8.87. The van der Waals surface area contributed by atoms with Crippen LogP contribution in [-0.2, 0) is 10.8 Å². The first kappa shape index (κ1) is 16.4. The van der Waals surface area contributed by atoms with E-state index in [1.165, 1.54) is 24.8 Å². The van der Waals surface area contributed by atoms with Crippen LogP contribution in [0.1, 0.15) is 51.1 Å². The molecule has 0 aliphatic rings. The van der Waals surface area contributed by atoms with Crippen LogP contribution in [0.25, 0.3) is 0 Å². The number of nitrogens with one attached hydrogen (secondary N) is 1. The summed E-state index contributed by atoms with van der Waals surface area (Å²) in [5, 5.41) is 3.90. The maximum atomic E-state index is 11.3. The average Bonchev–Trinajstić information content (AvgIpc) is 2.43. The molecule has 0 aromatic heterocycles. The van der Waals surface area contributed by atoms with Crippen LogP contribution in [0.4, 0.5) is 0 Å². The van der Waals surface area contributed by atoms with Gasteiger partial charge >= 0.3 is 0 Å². The molecule has 1 aromatic rings. The van der Waals surface area contributed by atoms with Crippen LogP contribution in [-0.4, -0.2) is 22.3 Å². The van der Waals surface area contributed by atoms with Gasteiger partial charge in [0.2, 0.25) is 0 Å². The van der Waals surface area contributed by atoms with Gasteiger partial charge in [-0.2, -0.15) is 0 Å². The van der Waals surface area contributed by atoms with E-state index in [1.54, 1.807) is 6.26 Å². The van der Waals surface area contributed by atoms with Crippen molar-refractivity contribution < 1.29 is 4.21 Å². The Balaban J connectivity index is 2.49. The molecule has 0 heterocycles. The first-order valence-electron chi connectivity index (χ1n) is 7.25. The largest absolute Gasteiger partial charge is 0.310 e. The van der Waals surface area contributed by atoms with Gasteiger partial charge in [0.15, 0.2) is 0 Å². The minimum atomic E-state index is -0.715. The molecule has 0 radical (unpaired) electrons. The van der Waals surface area contributed by atoms with Crippen molar-refractivity contribution in [1.82, 2.24) is 5.32 Å². The van der Waals surface area contributed by atoms with Gasteiger partial charge in [0.1, 0.15) is 0 Å². The molecule has 108 valence electrons. The summed E-state index contributed by atoms with van der Waals surface area (Å²) in [5.74, 6) is 0. The monoisotopic (exact) mass is 281 g/mol. The Morgan fingerprint density at radius 2 is 1.89 bits per heavy atom. The molecule has 0 saturated heterocycles. The fourth-order valence-electron chi connectivity index (χ4n) is 2.11. The topological polar surface area (TPSA) is 29.1 Å². The van der Waals surface area contributed by atoms with Crippen molar-refractivity contribution >= 4 is 10.8 Å². The standard InChI is InChI=1S/C16H27NOS/c1-4-5-11-16(15-9-7-6-8-10-15)17-13-12-14(2)19(3)18/h6-10,14,16-17H,4-5,11-13H2,1-3H3. The lowest BCUT2D eigenvalue weighted by atomic mass is 10.0. The molecule has 1 N–H and O–H groups in total. The Morgan fingerprint density at radius 1 is 1.21 bits per heavy atom. The number of unbranched alkanes of at least 4 members (excludes halogenated alkanes) is 1. The van der Waals surface area contributed by atoms with Crippen LogP contribution >= 0.6 is 0 Å². The van der Waals surface area contributed by atoms with Crippen molar-refractivity contribution in [2.75, 3.05) is 12.8 Å². The molecular weight excluding hydrogens is 254 g/mol. The van der Waals surface area contributed by atoms with E-state index in [-0.39, 0.29) is 5.25 Å². The maximum absolute atomic E-state index is 11.3. The second-order valence-electron chi connectivity index (χ2n) is 5.16. The normalized spacial score (nSPS) is 15.9. The van der Waals surface area contributed by atoms with Crippen molar-refractivity contribution in [2.24, 2.45) is 0 Å². The SMILES string of the molecule is CCCCC(NCCC(C)S(C)=O)c1ccccc1. The Morgan fingerprint density at radius 3 is 2.47 bits per heavy atom. The first-order chi connectivity index (χ1) is 9.15. The van der Waals surface area contributed by atoms with E-state index >= 15 is 0 Å². The molecule has 0 amide bonds. The van der Waals surface area contributed by atoms with Crippen LogP contribution < -0.4 is 5.32 Å². The minimum Gasteiger partial charge on any atom is -0.310 e. The molecule has 3 heteroatoms. The highest BCUT2D eigenvalue weighted by atomic mass is 32.2. The summed E-state index contributed by atoms with van der Waals surface area (Å²) in [4.78, 5) is 0. The number of rotatable bonds is 9. The summed E-state index contributed by atoms with van der Waals surface area (Å²) < 4.78 is 11.3. The molecular formula is C16H27NOS. The number of hydrogen-bond acceptors (Lipinski definition) is 2. The van der Waals surface area contributed by atoms with Crippen LogP contribution in [0.2, 0.25) is 0 Å². The van der Waals surface area contributed by atoms with Gasteiger partial charge in [0.25, 0.3) is 0 Å². The smallest absolute Gasteiger partial charge is 0.0329 e. The quantitative estimate of drug-likeness (QED) is 0.748. The Hall–Kier alpha value is -0.670. The van der Waals surface area contributed by atoms with Gasteiger partial charge in [-0.3, -0.25) is 4.21 Å². The van der Waals surface area contributed by atoms with Crippen molar-refractivity contribution in [1.29, 1.82) is 0 Å². The second kappa shape index (κ2) is 9.27. The molecule has 2 nitrogen and oxygen atoms in total. The van der Waals surface area contributed by atoms with Crippen LogP contribution in [0.15, 0.2) is 30.3 Å². The van der Waals surface area contributed by atoms with Gasteiger partial charge in [-0.05, 0) is 24.9 Å². The number of benzene rings is 1. The van der Waals surface area contributed by atoms with E-state index in [0.29, 0.717) is 6.04 Å². The van der Waals surface area contributed by atoms with E-state index in [2.05, 4.69) is 49.5 Å². The average molecular weight is 281 g/mol. The van der Waals surface area contributed by atoms with Gasteiger partial charge in [-0.1, -0.05) is 57.0 Å². The fraction of sp³-hybridized carbons (Fsp3) is 0.625. The third-order valence-electron chi connectivity index (χ3n) is 3.56. The van der Waals surface area contributed by atoms with Crippen LogP contribution in [0, 0.1) is 0 Å². The highest BCUT2D eigenvalue weighted by Gasteiger charge is 2.11. The second-order valence-corrected chi connectivity index (χ2v) is 6.96. The zero-order valence-electron chi connectivity index (χ0n) is 12.4. The number of hydrogen-bond donors (Lipinski definition) is 1. The molecule has 0 bridgehead atoms. The predicted octanol–water partition coefficient (Wildman–Crippen LogP) is 3.66. The maximum Gasteiger partial charge on any atom is 0.0329 e. The molecule has 1 aromatic carbocycles. The minimum absolute atomic E-state index is 0.273. The molecule has 0 spiro atoms. The van der Waals surface area contributed by atoms with E-state index in [4.69, 9.17) is 0 Å². The summed E-state index contributed by atoms with van der Waals surface area (Å²) in [6.07, 6.45) is 6.39. The highest BCUT2D eigenvalue weighted by Crippen LogP contribution is 2.19. The van der Waals surface area contributed by atoms with Crippen LogP contribution in [0.3, 0.4) is 0 Å². The van der Waals surface area contributed by atoms with Crippen molar-refractivity contribution in [2.45, 2.75) is 50.8 Å². The van der Waals surface area contributed by atoms with E-state index in [1.807, 2.05) is 0 Å². The lowest BCUT2D eigenvalue weighted by Gasteiger charge is -2.20. The molecule has 3 unspecified atom stereocenters. The molecule has 0 aliphatic carbocycles. The Kier molecular flexibility index (Phi) is 7.99. The summed E-state index contributed by atoms with van der Waals surface area (Å²) in [6.45, 7) is 5.22. The van der Waals surface area contributed by atoms with Crippen molar-refractivity contribution in [3.05, 3.63) is 35.9 Å². The van der Waals surface area contributed by atoms with Crippen molar-refractivity contribution in [3.8, 4) is 0 Å². The molecule has 3 atom stereocenters. The summed E-state index contributed by atoms with van der Waals surface area (Å²) >= 11 is 0. The zero-order valence-corrected chi connectivity index (χ0v) is 13.2. The summed E-state index contributed by atoms with van der Waals surface area (Å²) in [6, 6.07) is 11.1. The van der Waals surface area contributed by atoms with Gasteiger partial charge < -0.3 is 5.32 Å². The molecule has 19 heavy (non-hydrogen) atoms. The fourth-order valence-corrected chi connectivity index (χ4v) is 2.56. The third kappa shape index (κ3) is 6.35. The van der Waals surface area contributed by atoms with Crippen LogP contribution in [0.5, 0.6) is 0 Å². The van der Waals surface area contributed by atoms with Gasteiger partial charge in [-0.15, -0.1) is 0 Å². The van der Waals surface area contributed by atoms with Gasteiger partial charge in [-0.25, -0.2) is 0 Å². The van der Waals surface area contributed by atoms with E-state index in [9.17, 15) is 4.21 Å². The van der Waals surface area contributed by atoms with Gasteiger partial charge in [0.05, 0.1) is 0 Å². The predicted molar refractivity (Wildman–Crippen MR) is 84.9 cm³/mol. The Bertz CT molecular complexity index is 366. The molecule has 0 saturated carbocycles. The van der Waals surface area contributed by atoms with Gasteiger partial charge in [0, 0.05) is 28.3 Å². The lowest BCUT2D eigenvalue weighted by molar-refractivity contribution is 0.475. The van der Waals surface area contributed by atoms with E-state index in [0.717, 1.165) is 13.0 Å². The Labute approximate surface area is 120 Å². The summed E-state index contributed by atoms with van der Waals surface area (Å²) in [7, 11) is -0.715. The molecule has 0 aliphatic heterocycles. The van der Waals surface area contributed by atoms with Crippen molar-refractivity contribution in [3.63, 3.8) is 0 Å². The molecule has 0 fully saturated rings. The van der Waals surface area contributed by atoms with E-state index < -0.39 is 10.8 Å². The molecule has 1 rings (SSSR count). The third-order valence-corrected chi connectivity index (χ3v) is 4.93. The zero-order chi connectivity index (χ0) is 14.1. The summed E-state index contributed by atoms with van der Waals surface area (Å²) in [5.41, 5.74) is 1.36. The lowest BCUT2D eigenvalue weighted by Crippen LogP contribution is -2.25. The highest BCUT2D eigenvalue weighted by molar-refractivity contribution is 7.84.